The summed E-state index contributed by atoms with van der Waals surface area (Å²) in [4.78, 5) is 57.7. The van der Waals surface area contributed by atoms with Gasteiger partial charge in [0, 0.05) is 21.7 Å². The molecule has 13 heteroatoms. The number of nitrogens with one attached hydrogen (secondary N) is 2. The van der Waals surface area contributed by atoms with Gasteiger partial charge in [0.2, 0.25) is 5.60 Å². The quantitative estimate of drug-likeness (QED) is 0.0306. The number of hydrogen-bond acceptors (Lipinski definition) is 9. The van der Waals surface area contributed by atoms with E-state index in [0.717, 1.165) is 55.8 Å². The Labute approximate surface area is 460 Å². The molecule has 0 spiro atoms. The van der Waals surface area contributed by atoms with Crippen molar-refractivity contribution < 1.29 is 24.0 Å². The molecule has 2 unspecified atom stereocenters. The van der Waals surface area contributed by atoms with Crippen molar-refractivity contribution in [3.05, 3.63) is 308 Å². The summed E-state index contributed by atoms with van der Waals surface area (Å²) in [6.45, 7) is 0. The van der Waals surface area contributed by atoms with E-state index < -0.39 is 47.1 Å². The number of esters is 1. The molecule has 0 aliphatic carbocycles. The van der Waals surface area contributed by atoms with Crippen LogP contribution in [0.15, 0.2) is 259 Å². The molecule has 380 valence electrons. The van der Waals surface area contributed by atoms with Gasteiger partial charge in [-0.05, 0) is 40.7 Å². The first-order valence-corrected chi connectivity index (χ1v) is 26.7. The van der Waals surface area contributed by atoms with Gasteiger partial charge < -0.3 is 20.2 Å². The highest BCUT2D eigenvalue weighted by Crippen LogP contribution is 2.45. The van der Waals surface area contributed by atoms with Gasteiger partial charge in [0.15, 0.2) is 16.9 Å². The van der Waals surface area contributed by atoms with Crippen LogP contribution in [0.5, 0.6) is 0 Å². The van der Waals surface area contributed by atoms with Gasteiger partial charge in [0.25, 0.3) is 11.8 Å². The summed E-state index contributed by atoms with van der Waals surface area (Å²) in [6.07, 6.45) is -0.185. The zero-order valence-electron chi connectivity index (χ0n) is 41.3. The van der Waals surface area contributed by atoms with E-state index in [0.29, 0.717) is 11.6 Å². The third-order valence-electron chi connectivity index (χ3n) is 14.0. The van der Waals surface area contributed by atoms with Gasteiger partial charge in [-0.15, -0.1) is 0 Å². The van der Waals surface area contributed by atoms with E-state index in [9.17, 15) is 9.59 Å². The summed E-state index contributed by atoms with van der Waals surface area (Å²) in [6, 6.07) is 76.0. The zero-order valence-corrected chi connectivity index (χ0v) is 43.6. The maximum absolute atomic E-state index is 15.4. The highest BCUT2D eigenvalue weighted by atomic mass is 35.5. The van der Waals surface area contributed by atoms with Gasteiger partial charge in [0.1, 0.15) is 27.3 Å². The van der Waals surface area contributed by atoms with Gasteiger partial charge in [0.05, 0.1) is 6.04 Å². The van der Waals surface area contributed by atoms with Crippen molar-refractivity contribution in [1.29, 1.82) is 0 Å². The maximum Gasteiger partial charge on any atom is 0.357 e. The van der Waals surface area contributed by atoms with Gasteiger partial charge in [-0.3, -0.25) is 14.5 Å². The molecule has 3 heterocycles. The largest absolute Gasteiger partial charge is 0.448 e. The molecular weight excluding hydrogens is 1020 g/mol. The smallest absolute Gasteiger partial charge is 0.357 e. The number of benzene rings is 8. The lowest BCUT2D eigenvalue weighted by atomic mass is 9.77. The Hall–Kier alpha value is -8.61. The van der Waals surface area contributed by atoms with Gasteiger partial charge in [-0.1, -0.05) is 282 Å². The molecule has 11 rings (SSSR count). The number of halogens is 2. The first kappa shape index (κ1) is 50.5. The third-order valence-corrected chi connectivity index (χ3v) is 15.6. The monoisotopic (exact) mass is 1070 g/mol. The van der Waals surface area contributed by atoms with Crippen LogP contribution in [0.2, 0.25) is 4.34 Å². The van der Waals surface area contributed by atoms with Crippen LogP contribution in [0, 0.1) is 0 Å². The number of aromatic nitrogens is 1. The summed E-state index contributed by atoms with van der Waals surface area (Å²) >= 11 is 15.3. The first-order chi connectivity index (χ1) is 37.8. The second-order valence-corrected chi connectivity index (χ2v) is 20.6. The van der Waals surface area contributed by atoms with Crippen LogP contribution < -0.4 is 10.6 Å². The number of thiazole rings is 1. The molecule has 0 bridgehead atoms. The Morgan fingerprint density at radius 1 is 0.597 bits per heavy atom. The van der Waals surface area contributed by atoms with Crippen molar-refractivity contribution in [1.82, 2.24) is 15.2 Å². The first-order valence-electron chi connectivity index (χ1n) is 25.1. The summed E-state index contributed by atoms with van der Waals surface area (Å²) in [5.74, 6) is -2.11. The van der Waals surface area contributed by atoms with E-state index in [1.165, 1.54) is 4.90 Å². The average molecular weight is 1070 g/mol. The molecule has 2 amide bonds. The van der Waals surface area contributed by atoms with Crippen molar-refractivity contribution in [3.63, 3.8) is 0 Å². The van der Waals surface area contributed by atoms with Crippen LogP contribution in [-0.2, 0) is 35.1 Å². The van der Waals surface area contributed by atoms with Crippen molar-refractivity contribution >= 4 is 63.2 Å². The molecule has 10 nitrogen and oxygen atoms in total. The number of oxime groups is 1. The molecule has 0 radical (unpaired) electrons. The molecule has 1 aromatic heterocycles. The van der Waals surface area contributed by atoms with Crippen LogP contribution >= 0.6 is 34.5 Å². The fraction of sp³-hybridized carbons (Fsp3) is 0.109. The Morgan fingerprint density at radius 3 is 1.43 bits per heavy atom. The molecule has 2 aliphatic rings. The number of hydrogen-bond donors (Lipinski definition) is 2. The number of carbonyl (C=O) groups is 3. The van der Waals surface area contributed by atoms with E-state index in [2.05, 4.69) is 47.0 Å². The number of anilines is 1. The van der Waals surface area contributed by atoms with E-state index in [1.807, 2.05) is 206 Å². The van der Waals surface area contributed by atoms with Crippen LogP contribution in [0.3, 0.4) is 0 Å². The van der Waals surface area contributed by atoms with Gasteiger partial charge in [-0.2, -0.15) is 0 Å². The lowest BCUT2D eigenvalue weighted by molar-refractivity contribution is -0.158. The molecule has 2 aliphatic heterocycles. The van der Waals surface area contributed by atoms with Crippen LogP contribution in [0.25, 0.3) is 0 Å². The van der Waals surface area contributed by atoms with E-state index >= 15 is 4.79 Å². The summed E-state index contributed by atoms with van der Waals surface area (Å²) in [7, 11) is 0. The second kappa shape index (κ2) is 22.3. The number of allylic oxidation sites excluding steroid dienone is 1. The molecule has 77 heavy (non-hydrogen) atoms. The van der Waals surface area contributed by atoms with Crippen molar-refractivity contribution in [3.8, 4) is 0 Å². The van der Waals surface area contributed by atoms with Crippen LogP contribution in [0.1, 0.15) is 69.1 Å². The Kier molecular flexibility index (Phi) is 14.6. The molecule has 1 saturated heterocycles. The van der Waals surface area contributed by atoms with Gasteiger partial charge >= 0.3 is 5.97 Å². The van der Waals surface area contributed by atoms with Crippen LogP contribution in [-0.4, -0.2) is 45.5 Å². The second-order valence-electron chi connectivity index (χ2n) is 18.6. The fourth-order valence-electron chi connectivity index (χ4n) is 10.4. The molecule has 2 N–H and O–H groups in total. The molecule has 0 saturated carbocycles. The highest BCUT2D eigenvalue weighted by molar-refractivity contribution is 7.20. The molecule has 8 aromatic carbocycles. The molecule has 9 aromatic rings. The van der Waals surface area contributed by atoms with E-state index in [4.69, 9.17) is 42.9 Å². The summed E-state index contributed by atoms with van der Waals surface area (Å²) < 4.78 is 6.36. The minimum absolute atomic E-state index is 0.00943. The zero-order chi connectivity index (χ0) is 52.8. The summed E-state index contributed by atoms with van der Waals surface area (Å²) in [5.41, 5.74) is 3.66. The third kappa shape index (κ3) is 9.81. The molecular formula is C64H49Cl2N5O5S. The number of rotatable bonds is 17. The predicted octanol–water partition coefficient (Wildman–Crippen LogP) is 13.2. The highest BCUT2D eigenvalue weighted by Gasteiger charge is 2.54. The van der Waals surface area contributed by atoms with Crippen molar-refractivity contribution in [2.24, 2.45) is 5.16 Å². The number of β-lactam (4-membered cyclic amide) rings is 1. The molecule has 2 atom stereocenters. The Morgan fingerprint density at radius 2 is 1.00 bits per heavy atom. The Balaban J connectivity index is 0.988. The lowest BCUT2D eigenvalue weighted by Crippen LogP contribution is -2.72. The van der Waals surface area contributed by atoms with E-state index in [1.54, 1.807) is 0 Å². The summed E-state index contributed by atoms with van der Waals surface area (Å²) in [5, 5.41) is 12.1. The van der Waals surface area contributed by atoms with Crippen molar-refractivity contribution in [2.75, 3.05) is 5.32 Å². The number of amides is 2. The lowest BCUT2D eigenvalue weighted by Gasteiger charge is -2.49. The normalized spacial score (nSPS) is 15.5. The number of ether oxygens (including phenoxy) is 1. The molecule has 1 fully saturated rings. The number of carbonyl (C=O) groups excluding carboxylic acids is 3. The Bertz CT molecular complexity index is 3340. The van der Waals surface area contributed by atoms with Gasteiger partial charge in [-0.25, -0.2) is 9.78 Å². The predicted molar refractivity (Wildman–Crippen MR) is 302 cm³/mol. The number of fused-ring (bicyclic) bond motifs is 1. The maximum atomic E-state index is 15.4. The van der Waals surface area contributed by atoms with Crippen molar-refractivity contribution in [2.45, 2.75) is 42.2 Å². The minimum atomic E-state index is -1.41. The average Bonchev–Trinajstić information content (AvgIpc) is 3.88. The van der Waals surface area contributed by atoms with Crippen LogP contribution in [0.4, 0.5) is 5.13 Å². The standard InChI is InChI=1S/C64H49Cl2N5O5S/c65-51-41-42-52-53(60(73)71(52)56(51)61(74)75-57(43-25-9-1-10-26-43)44-27-11-2-12-28-44)67-59(72)55(70-76-64(48-35-19-6-20-36-48,49-37-21-7-22-38-49)50-39-23-8-24-40-50)54-58(66)77-62(68-54)69-63(45-29-13-3-14-30-45,46-31-15-4-16-32-46)47-33-17-5-18-34-47/h1-40,52-53,57H,41-42H2,(H,67,72)(H,68,69)/b70-55+. The topological polar surface area (TPSA) is 122 Å². The fourth-order valence-corrected chi connectivity index (χ4v) is 11.8. The SMILES string of the molecule is O=C(OC(c1ccccc1)c1ccccc1)C1=C(Cl)CCC2C(NC(=O)/C(=N/OC(c3ccccc3)(c3ccccc3)c3ccccc3)c3nc(NC(c4ccccc4)(c4ccccc4)c4ccccc4)sc3Cl)C(=O)N12. The van der Waals surface area contributed by atoms with E-state index in [-0.39, 0.29) is 32.9 Å². The number of nitrogens with zero attached hydrogens (tertiary/aromatic N) is 3. The minimum Gasteiger partial charge on any atom is -0.448 e.